The molecule has 0 heterocycles. The lowest BCUT2D eigenvalue weighted by Gasteiger charge is -2.18. The van der Waals surface area contributed by atoms with Crippen LogP contribution in [0.25, 0.3) is 0 Å². The number of hydrogen-bond donors (Lipinski definition) is 2. The minimum Gasteiger partial charge on any atom is -0.399 e. The zero-order valence-electron chi connectivity index (χ0n) is 8.28. The maximum atomic E-state index is 12.5. The monoisotopic (exact) mass is 258 g/mol. The van der Waals surface area contributed by atoms with Crippen molar-refractivity contribution in [2.45, 2.75) is 18.9 Å². The molecule has 0 bridgehead atoms. The van der Waals surface area contributed by atoms with E-state index in [1.807, 2.05) is 0 Å². The molecule has 2 nitrogen and oxygen atoms in total. The Balaban J connectivity index is 3.58. The normalized spacial score (nSPS) is 12.9. The second kappa shape index (κ2) is 4.10. The highest BCUT2D eigenvalue weighted by atomic mass is 19.4. The maximum absolute atomic E-state index is 12.5. The van der Waals surface area contributed by atoms with E-state index in [2.05, 4.69) is 0 Å². The first-order chi connectivity index (χ1) is 7.57. The van der Waals surface area contributed by atoms with E-state index >= 15 is 0 Å². The molecule has 0 saturated carbocycles. The van der Waals surface area contributed by atoms with Crippen LogP contribution in [0.4, 0.5) is 32.0 Å². The smallest absolute Gasteiger partial charge is 0.399 e. The Bertz CT molecular complexity index is 385. The molecule has 1 aromatic rings. The zero-order chi connectivity index (χ0) is 13.4. The van der Waals surface area contributed by atoms with Gasteiger partial charge in [-0.05, 0) is 17.7 Å². The lowest BCUT2D eigenvalue weighted by molar-refractivity contribution is -0.144. The molecule has 8 heteroatoms. The van der Waals surface area contributed by atoms with Gasteiger partial charge in [0.1, 0.15) is 0 Å². The number of anilines is 1. The van der Waals surface area contributed by atoms with Gasteiger partial charge in [-0.25, -0.2) is 0 Å². The van der Waals surface area contributed by atoms with Crippen LogP contribution >= 0.6 is 0 Å². The van der Waals surface area contributed by atoms with Crippen molar-refractivity contribution in [1.29, 1.82) is 0 Å². The second-order valence-electron chi connectivity index (χ2n) is 3.29. The molecule has 96 valence electrons. The van der Waals surface area contributed by atoms with E-state index in [-0.39, 0.29) is 0 Å². The molecule has 0 atom stereocenters. The van der Waals surface area contributed by atoms with Gasteiger partial charge in [0.15, 0.2) is 0 Å². The van der Waals surface area contributed by atoms with Gasteiger partial charge in [-0.2, -0.15) is 26.3 Å². The van der Waals surface area contributed by atoms with Crippen LogP contribution in [0, 0.1) is 0 Å². The summed E-state index contributed by atoms with van der Waals surface area (Å²) in [7, 11) is 0. The van der Waals surface area contributed by atoms with Crippen molar-refractivity contribution in [2.24, 2.45) is 5.73 Å². The molecule has 0 fully saturated rings. The van der Waals surface area contributed by atoms with Crippen LogP contribution in [0.15, 0.2) is 12.1 Å². The fraction of sp³-hybridized carbons (Fsp3) is 0.333. The van der Waals surface area contributed by atoms with E-state index in [0.29, 0.717) is 12.1 Å². The van der Waals surface area contributed by atoms with Crippen LogP contribution < -0.4 is 11.5 Å². The van der Waals surface area contributed by atoms with E-state index in [4.69, 9.17) is 11.5 Å². The molecular formula is C9H8F6N2. The second-order valence-corrected chi connectivity index (χ2v) is 3.29. The molecule has 0 radical (unpaired) electrons. The van der Waals surface area contributed by atoms with Crippen molar-refractivity contribution in [3.63, 3.8) is 0 Å². The first-order valence-corrected chi connectivity index (χ1v) is 4.34. The molecule has 4 N–H and O–H groups in total. The van der Waals surface area contributed by atoms with Crippen LogP contribution in [-0.2, 0) is 18.9 Å². The van der Waals surface area contributed by atoms with E-state index in [0.717, 1.165) is 0 Å². The summed E-state index contributed by atoms with van der Waals surface area (Å²) in [5.41, 5.74) is 5.48. The molecule has 0 spiro atoms. The SMILES string of the molecule is NCc1c(C(F)(F)F)cc(N)cc1C(F)(F)F. The number of halogens is 6. The van der Waals surface area contributed by atoms with Gasteiger partial charge in [-0.1, -0.05) is 0 Å². The van der Waals surface area contributed by atoms with E-state index in [9.17, 15) is 26.3 Å². The highest BCUT2D eigenvalue weighted by Gasteiger charge is 2.40. The predicted octanol–water partition coefficient (Wildman–Crippen LogP) is 2.77. The summed E-state index contributed by atoms with van der Waals surface area (Å²) in [6.07, 6.45) is -9.85. The minimum absolute atomic E-state index is 0.442. The highest BCUT2D eigenvalue weighted by molar-refractivity contribution is 5.51. The van der Waals surface area contributed by atoms with Gasteiger partial charge >= 0.3 is 12.4 Å². The third kappa shape index (κ3) is 2.82. The molecule has 0 aliphatic heterocycles. The fourth-order valence-corrected chi connectivity index (χ4v) is 1.42. The summed E-state index contributed by atoms with van der Waals surface area (Å²) in [6, 6.07) is 0.884. The molecule has 0 amide bonds. The summed E-state index contributed by atoms with van der Waals surface area (Å²) in [5, 5.41) is 0. The number of nitrogens with two attached hydrogens (primary N) is 2. The van der Waals surface area contributed by atoms with Gasteiger partial charge in [0.25, 0.3) is 0 Å². The van der Waals surface area contributed by atoms with Crippen molar-refractivity contribution in [3.05, 3.63) is 28.8 Å². The maximum Gasteiger partial charge on any atom is 0.416 e. The molecule has 1 aromatic carbocycles. The van der Waals surface area contributed by atoms with Crippen molar-refractivity contribution in [1.82, 2.24) is 0 Å². The Kier molecular flexibility index (Phi) is 3.28. The Morgan fingerprint density at radius 1 is 0.882 bits per heavy atom. The standard InChI is InChI=1S/C9H8F6N2/c10-8(11,12)6-1-4(17)2-7(5(6)3-16)9(13,14)15/h1-2H,3,16-17H2. The number of rotatable bonds is 1. The summed E-state index contributed by atoms with van der Waals surface area (Å²) in [4.78, 5) is 0. The van der Waals surface area contributed by atoms with Gasteiger partial charge in [-0.3, -0.25) is 0 Å². The Labute approximate surface area is 92.2 Å². The number of nitrogen functional groups attached to an aromatic ring is 1. The average molecular weight is 258 g/mol. The summed E-state index contributed by atoms with van der Waals surface area (Å²) in [5.74, 6) is 0. The van der Waals surface area contributed by atoms with E-state index in [1.54, 1.807) is 0 Å². The van der Waals surface area contributed by atoms with Gasteiger partial charge in [0.2, 0.25) is 0 Å². The zero-order valence-corrected chi connectivity index (χ0v) is 8.28. The van der Waals surface area contributed by atoms with Crippen LogP contribution in [0.1, 0.15) is 16.7 Å². The lowest BCUT2D eigenvalue weighted by Crippen LogP contribution is -2.19. The van der Waals surface area contributed by atoms with Crippen LogP contribution in [0.2, 0.25) is 0 Å². The Morgan fingerprint density at radius 2 is 1.24 bits per heavy atom. The third-order valence-corrected chi connectivity index (χ3v) is 2.09. The van der Waals surface area contributed by atoms with Crippen molar-refractivity contribution in [2.75, 3.05) is 5.73 Å². The fourth-order valence-electron chi connectivity index (χ4n) is 1.42. The summed E-state index contributed by atoms with van der Waals surface area (Å²) < 4.78 is 75.0. The van der Waals surface area contributed by atoms with Gasteiger partial charge < -0.3 is 11.5 Å². The molecule has 0 saturated heterocycles. The van der Waals surface area contributed by atoms with Crippen molar-refractivity contribution in [3.8, 4) is 0 Å². The highest BCUT2D eigenvalue weighted by Crippen LogP contribution is 2.40. The van der Waals surface area contributed by atoms with Crippen LogP contribution in [0.3, 0.4) is 0 Å². The summed E-state index contributed by atoms with van der Waals surface area (Å²) >= 11 is 0. The topological polar surface area (TPSA) is 52.0 Å². The lowest BCUT2D eigenvalue weighted by atomic mass is 9.99. The Morgan fingerprint density at radius 3 is 1.47 bits per heavy atom. The Hall–Kier alpha value is -1.44. The van der Waals surface area contributed by atoms with Crippen molar-refractivity contribution >= 4 is 5.69 Å². The van der Waals surface area contributed by atoms with Gasteiger partial charge in [0, 0.05) is 12.2 Å². The number of hydrogen-bond acceptors (Lipinski definition) is 2. The molecule has 0 aromatic heterocycles. The number of alkyl halides is 6. The van der Waals surface area contributed by atoms with Gasteiger partial charge in [-0.15, -0.1) is 0 Å². The van der Waals surface area contributed by atoms with E-state index in [1.165, 1.54) is 0 Å². The molecule has 0 aliphatic carbocycles. The minimum atomic E-state index is -4.93. The molecule has 17 heavy (non-hydrogen) atoms. The third-order valence-electron chi connectivity index (χ3n) is 2.09. The first kappa shape index (κ1) is 13.6. The van der Waals surface area contributed by atoms with Crippen LogP contribution in [-0.4, -0.2) is 0 Å². The largest absolute Gasteiger partial charge is 0.416 e. The molecule has 0 unspecified atom stereocenters. The predicted molar refractivity (Wildman–Crippen MR) is 48.7 cm³/mol. The van der Waals surface area contributed by atoms with Crippen molar-refractivity contribution < 1.29 is 26.3 Å². The van der Waals surface area contributed by atoms with Crippen LogP contribution in [0.5, 0.6) is 0 Å². The average Bonchev–Trinajstić information content (AvgIpc) is 2.13. The molecule has 1 rings (SSSR count). The summed E-state index contributed by atoms with van der Waals surface area (Å²) in [6.45, 7) is -0.871. The first-order valence-electron chi connectivity index (χ1n) is 4.34. The van der Waals surface area contributed by atoms with E-state index < -0.39 is 41.3 Å². The molecular weight excluding hydrogens is 250 g/mol. The number of benzene rings is 1. The van der Waals surface area contributed by atoms with Gasteiger partial charge in [0.05, 0.1) is 11.1 Å². The molecule has 0 aliphatic rings. The quantitative estimate of drug-likeness (QED) is 0.601.